The van der Waals surface area contributed by atoms with Crippen LogP contribution in [0.15, 0.2) is 42.3 Å². The molecule has 106 valence electrons. The molecule has 0 fully saturated rings. The van der Waals surface area contributed by atoms with E-state index in [1.165, 1.54) is 5.56 Å². The summed E-state index contributed by atoms with van der Waals surface area (Å²) in [5, 5.41) is 19.7. The summed E-state index contributed by atoms with van der Waals surface area (Å²) < 4.78 is 0. The minimum atomic E-state index is -1.25. The van der Waals surface area contributed by atoms with Crippen molar-refractivity contribution >= 4 is 16.9 Å². The Morgan fingerprint density at radius 2 is 1.95 bits per heavy atom. The summed E-state index contributed by atoms with van der Waals surface area (Å²) in [6.07, 6.45) is -0.00467. The second-order valence-electron chi connectivity index (χ2n) is 3.99. The van der Waals surface area contributed by atoms with Crippen molar-refractivity contribution in [1.82, 2.24) is 0 Å². The number of carboxylic acids is 1. The standard InChI is InChI=1S/C14H18O3S.H2O/c1-2-18(11-9-13(15)14(16)17)10-8-12-6-4-3-5-7-12;/h2-7,13,15H,1,8-11H2;1H2. The molecule has 0 aliphatic rings. The highest BCUT2D eigenvalue weighted by atomic mass is 32.2. The minimum Gasteiger partial charge on any atom is -0.870 e. The molecule has 2 unspecified atom stereocenters. The number of hydrogen-bond donors (Lipinski definition) is 2. The summed E-state index contributed by atoms with van der Waals surface area (Å²) in [7, 11) is -0.0285. The fraction of sp³-hybridized carbons (Fsp3) is 0.357. The first-order valence-corrected chi connectivity index (χ1v) is 7.49. The van der Waals surface area contributed by atoms with Gasteiger partial charge in [0.1, 0.15) is 16.9 Å². The molecule has 1 aromatic carbocycles. The van der Waals surface area contributed by atoms with Crippen molar-refractivity contribution in [3.05, 3.63) is 47.9 Å². The van der Waals surface area contributed by atoms with E-state index in [0.29, 0.717) is 12.2 Å². The molecule has 1 aromatic rings. The number of benzene rings is 1. The molecule has 3 N–H and O–H groups in total. The highest BCUT2D eigenvalue weighted by Crippen LogP contribution is 2.08. The zero-order valence-corrected chi connectivity index (χ0v) is 11.6. The lowest BCUT2D eigenvalue weighted by atomic mass is 10.2. The Kier molecular flexibility index (Phi) is 8.95. The van der Waals surface area contributed by atoms with Gasteiger partial charge in [0.05, 0.1) is 0 Å². The van der Waals surface area contributed by atoms with Crippen LogP contribution >= 0.6 is 0 Å². The molecule has 0 bridgehead atoms. The molecule has 0 aliphatic carbocycles. The second-order valence-corrected chi connectivity index (χ2v) is 6.22. The predicted molar refractivity (Wildman–Crippen MR) is 77.6 cm³/mol. The topological polar surface area (TPSA) is 87.5 Å². The van der Waals surface area contributed by atoms with Gasteiger partial charge in [0.15, 0.2) is 6.10 Å². The van der Waals surface area contributed by atoms with Crippen molar-refractivity contribution < 1.29 is 20.5 Å². The van der Waals surface area contributed by atoms with E-state index < -0.39 is 12.1 Å². The SMILES string of the molecule is C=C[S+](CCc1ccccc1)CCC(O)C(=O)O.[OH-]. The van der Waals surface area contributed by atoms with Crippen molar-refractivity contribution in [1.29, 1.82) is 0 Å². The van der Waals surface area contributed by atoms with Gasteiger partial charge in [-0.2, -0.15) is 0 Å². The molecule has 2 atom stereocenters. The highest BCUT2D eigenvalue weighted by molar-refractivity contribution is 7.99. The van der Waals surface area contributed by atoms with Gasteiger partial charge < -0.3 is 15.7 Å². The number of aliphatic hydroxyl groups is 1. The highest BCUT2D eigenvalue weighted by Gasteiger charge is 2.20. The first-order valence-electron chi connectivity index (χ1n) is 5.87. The van der Waals surface area contributed by atoms with Crippen LogP contribution in [0.3, 0.4) is 0 Å². The Balaban J connectivity index is 0.00000324. The van der Waals surface area contributed by atoms with E-state index in [0.717, 1.165) is 12.2 Å². The van der Waals surface area contributed by atoms with Crippen LogP contribution in [0.2, 0.25) is 0 Å². The lowest BCUT2D eigenvalue weighted by molar-refractivity contribution is -0.146. The normalized spacial score (nSPS) is 13.1. The zero-order valence-electron chi connectivity index (χ0n) is 10.7. The smallest absolute Gasteiger partial charge is 0.332 e. The summed E-state index contributed by atoms with van der Waals surface area (Å²) in [4.78, 5) is 10.5. The van der Waals surface area contributed by atoms with Crippen LogP contribution in [-0.4, -0.2) is 39.3 Å². The van der Waals surface area contributed by atoms with Gasteiger partial charge in [-0.05, 0) is 5.56 Å². The van der Waals surface area contributed by atoms with E-state index in [1.807, 2.05) is 23.6 Å². The Morgan fingerprint density at radius 1 is 1.32 bits per heavy atom. The number of aliphatic hydroxyl groups excluding tert-OH is 1. The number of aliphatic carboxylic acids is 1. The molecule has 19 heavy (non-hydrogen) atoms. The molecule has 0 amide bonds. The van der Waals surface area contributed by atoms with Gasteiger partial charge >= 0.3 is 5.97 Å². The number of carboxylic acid groups (broad SMARTS) is 1. The van der Waals surface area contributed by atoms with E-state index in [1.54, 1.807) is 0 Å². The lowest BCUT2D eigenvalue weighted by Crippen LogP contribution is -2.23. The zero-order chi connectivity index (χ0) is 13.4. The first kappa shape index (κ1) is 17.7. The number of hydrogen-bond acceptors (Lipinski definition) is 3. The lowest BCUT2D eigenvalue weighted by Gasteiger charge is -2.06. The van der Waals surface area contributed by atoms with Crippen molar-refractivity contribution in [2.24, 2.45) is 0 Å². The summed E-state index contributed by atoms with van der Waals surface area (Å²) >= 11 is 0. The largest absolute Gasteiger partial charge is 0.870 e. The van der Waals surface area contributed by atoms with Crippen molar-refractivity contribution in [3.63, 3.8) is 0 Å². The van der Waals surface area contributed by atoms with Gasteiger partial charge in [-0.1, -0.05) is 36.9 Å². The number of aryl methyl sites for hydroxylation is 1. The fourth-order valence-corrected chi connectivity index (χ4v) is 3.11. The van der Waals surface area contributed by atoms with Crippen molar-refractivity contribution in [3.8, 4) is 0 Å². The molecule has 0 radical (unpaired) electrons. The first-order chi connectivity index (χ1) is 8.63. The summed E-state index contributed by atoms with van der Waals surface area (Å²) in [5.74, 6) is 0.495. The quantitative estimate of drug-likeness (QED) is 0.710. The monoisotopic (exact) mass is 284 g/mol. The number of carbonyl (C=O) groups is 1. The summed E-state index contributed by atoms with van der Waals surface area (Å²) in [5.41, 5.74) is 1.27. The van der Waals surface area contributed by atoms with Gasteiger partial charge in [0.25, 0.3) is 0 Å². The van der Waals surface area contributed by atoms with E-state index >= 15 is 0 Å². The molecular formula is C14H20O4S. The third-order valence-electron chi connectivity index (χ3n) is 2.67. The maximum atomic E-state index is 10.5. The van der Waals surface area contributed by atoms with Crippen LogP contribution in [0.5, 0.6) is 0 Å². The molecular weight excluding hydrogens is 264 g/mol. The van der Waals surface area contributed by atoms with Gasteiger partial charge in [0.2, 0.25) is 0 Å². The van der Waals surface area contributed by atoms with Gasteiger partial charge in [-0.3, -0.25) is 0 Å². The summed E-state index contributed by atoms with van der Waals surface area (Å²) in [6, 6.07) is 10.2. The predicted octanol–water partition coefficient (Wildman–Crippen LogP) is 1.65. The van der Waals surface area contributed by atoms with E-state index in [9.17, 15) is 9.90 Å². The molecule has 0 heterocycles. The minimum absolute atomic E-state index is 0. The molecule has 0 saturated carbocycles. The Hall–Kier alpha value is -1.30. The van der Waals surface area contributed by atoms with Crippen LogP contribution in [0, 0.1) is 0 Å². The van der Waals surface area contributed by atoms with Crippen LogP contribution in [0.25, 0.3) is 0 Å². The third kappa shape index (κ3) is 7.00. The summed E-state index contributed by atoms with van der Waals surface area (Å²) in [6.45, 7) is 3.78. The van der Waals surface area contributed by atoms with Crippen LogP contribution < -0.4 is 0 Å². The molecule has 4 nitrogen and oxygen atoms in total. The maximum absolute atomic E-state index is 10.5. The van der Waals surface area contributed by atoms with E-state index in [2.05, 4.69) is 18.7 Å². The maximum Gasteiger partial charge on any atom is 0.332 e. The third-order valence-corrected chi connectivity index (χ3v) is 4.63. The molecule has 1 rings (SSSR count). The average molecular weight is 284 g/mol. The second kappa shape index (κ2) is 9.61. The molecule has 0 saturated heterocycles. The average Bonchev–Trinajstić information content (AvgIpc) is 2.39. The van der Waals surface area contributed by atoms with Gasteiger partial charge in [-0.25, -0.2) is 4.79 Å². The molecule has 5 heteroatoms. The van der Waals surface area contributed by atoms with Crippen molar-refractivity contribution in [2.75, 3.05) is 11.5 Å². The van der Waals surface area contributed by atoms with E-state index in [-0.39, 0.29) is 16.4 Å². The molecule has 0 aliphatic heterocycles. The molecule has 0 spiro atoms. The Labute approximate surface area is 116 Å². The van der Waals surface area contributed by atoms with E-state index in [4.69, 9.17) is 5.11 Å². The Bertz CT molecular complexity index is 380. The van der Waals surface area contributed by atoms with Gasteiger partial charge in [0, 0.05) is 23.7 Å². The fourth-order valence-electron chi connectivity index (χ4n) is 1.55. The van der Waals surface area contributed by atoms with Crippen molar-refractivity contribution in [2.45, 2.75) is 18.9 Å². The van der Waals surface area contributed by atoms with Gasteiger partial charge in [-0.15, -0.1) is 0 Å². The Morgan fingerprint density at radius 3 is 2.47 bits per heavy atom. The van der Waals surface area contributed by atoms with Crippen LogP contribution in [-0.2, 0) is 22.1 Å². The van der Waals surface area contributed by atoms with Crippen LogP contribution in [0.1, 0.15) is 12.0 Å². The van der Waals surface area contributed by atoms with Crippen LogP contribution in [0.4, 0.5) is 0 Å². The molecule has 0 aromatic heterocycles. The number of rotatable bonds is 8.